The Bertz CT molecular complexity index is 8170. The van der Waals surface area contributed by atoms with E-state index >= 15 is 0 Å². The van der Waals surface area contributed by atoms with E-state index in [0.29, 0.717) is 0 Å². The lowest BCUT2D eigenvalue weighted by Crippen LogP contribution is -2.14. The third-order valence-corrected chi connectivity index (χ3v) is 29.1. The summed E-state index contributed by atoms with van der Waals surface area (Å²) in [7, 11) is 0. The summed E-state index contributed by atoms with van der Waals surface area (Å²) in [5, 5.41) is 15.3. The largest absolute Gasteiger partial charge is 0.309 e. The van der Waals surface area contributed by atoms with Crippen molar-refractivity contribution in [3.05, 3.63) is 532 Å². The fourth-order valence-corrected chi connectivity index (χ4v) is 22.2. The lowest BCUT2D eigenvalue weighted by atomic mass is 9.83. The van der Waals surface area contributed by atoms with Gasteiger partial charge in [-0.3, -0.25) is 0 Å². The molecule has 4 nitrogen and oxygen atoms in total. The minimum absolute atomic E-state index is 0.245. The number of para-hydroxylation sites is 4. The fourth-order valence-electron chi connectivity index (χ4n) is 22.2. The van der Waals surface area contributed by atoms with E-state index in [0.717, 1.165) is 68.2 Å². The molecular weight excluding hydrogens is 1740 g/mol. The molecule has 0 bridgehead atoms. The molecule has 0 aliphatic rings. The van der Waals surface area contributed by atoms with E-state index in [2.05, 4.69) is 585 Å². The lowest BCUT2D eigenvalue weighted by molar-refractivity contribution is 0.875. The van der Waals surface area contributed by atoms with Crippen molar-refractivity contribution in [2.75, 3.05) is 19.6 Å². The zero-order valence-corrected chi connectivity index (χ0v) is 82.6. The van der Waals surface area contributed by atoms with Gasteiger partial charge in [0.15, 0.2) is 0 Å². The number of nitrogens with zero attached hydrogens (tertiary/aromatic N) is 4. The first-order valence-electron chi connectivity index (χ1n) is 50.8. The molecule has 24 aromatic carbocycles. The molecular formula is C140H112N4. The third-order valence-electron chi connectivity index (χ3n) is 29.1. The van der Waals surface area contributed by atoms with Gasteiger partial charge in [0.25, 0.3) is 0 Å². The highest BCUT2D eigenvalue weighted by molar-refractivity contribution is 6.32. The zero-order valence-electron chi connectivity index (χ0n) is 82.6. The van der Waals surface area contributed by atoms with Gasteiger partial charge < -0.3 is 19.6 Å². The van der Waals surface area contributed by atoms with E-state index in [1.54, 1.807) is 0 Å². The second-order valence-electron chi connectivity index (χ2n) is 39.2. The minimum Gasteiger partial charge on any atom is -0.309 e. The Morgan fingerprint density at radius 2 is 0.306 bits per heavy atom. The maximum atomic E-state index is 2.54. The van der Waals surface area contributed by atoms with Crippen molar-refractivity contribution in [1.82, 2.24) is 0 Å². The van der Waals surface area contributed by atoms with Crippen LogP contribution in [0, 0.1) is 0 Å². The third kappa shape index (κ3) is 17.0. The Kier molecular flexibility index (Phi) is 24.7. The van der Waals surface area contributed by atoms with Crippen LogP contribution in [0.15, 0.2) is 510 Å². The number of hydrogen-bond donors (Lipinski definition) is 0. The SMILES string of the molecule is CC(C)c1cc(N(c2ccccc2)c2cc(-c3ccccc3)ccc2-c2ccccc2)c2ccc3c(C(C)C)cc(N(c4ccccc4)c4cc(-c5ccccc5)ccc4-c4ccccc4)c4ccc1c2c34.CC(C)c1cc(N(c2ccccc2)c2ccc(-c3ccccc3)cc2-c2ccccc2)c2ccc3c(C(C)C)cc(N(c4ccccc4)c4ccc(-c5ccccc5)cc4-c4ccccc4)c4ccc1c2c34. The van der Waals surface area contributed by atoms with Crippen LogP contribution >= 0.6 is 0 Å². The Labute approximate surface area is 846 Å². The van der Waals surface area contributed by atoms with E-state index in [-0.39, 0.29) is 23.7 Å². The predicted molar refractivity (Wildman–Crippen MR) is 619 cm³/mol. The zero-order chi connectivity index (χ0) is 97.4. The summed E-state index contributed by atoms with van der Waals surface area (Å²) in [4.78, 5) is 10.1. The van der Waals surface area contributed by atoms with Crippen molar-refractivity contribution < 1.29 is 0 Å². The summed E-state index contributed by atoms with van der Waals surface area (Å²) in [6.07, 6.45) is 0. The second-order valence-corrected chi connectivity index (χ2v) is 39.2. The first-order chi connectivity index (χ1) is 70.8. The summed E-state index contributed by atoms with van der Waals surface area (Å²) in [5.74, 6) is 0.992. The van der Waals surface area contributed by atoms with Crippen molar-refractivity contribution in [3.8, 4) is 89.0 Å². The van der Waals surface area contributed by atoms with Crippen molar-refractivity contribution in [2.45, 2.75) is 79.1 Å². The molecule has 4 heteroatoms. The van der Waals surface area contributed by atoms with Crippen molar-refractivity contribution in [2.24, 2.45) is 0 Å². The first-order valence-corrected chi connectivity index (χ1v) is 50.8. The van der Waals surface area contributed by atoms with Gasteiger partial charge in [-0.2, -0.15) is 0 Å². The van der Waals surface area contributed by atoms with Gasteiger partial charge >= 0.3 is 0 Å². The van der Waals surface area contributed by atoms with Crippen molar-refractivity contribution in [3.63, 3.8) is 0 Å². The van der Waals surface area contributed by atoms with E-state index in [1.165, 1.54) is 176 Å². The monoisotopic (exact) mass is 1850 g/mol. The van der Waals surface area contributed by atoms with Crippen molar-refractivity contribution in [1.29, 1.82) is 0 Å². The van der Waals surface area contributed by atoms with Crippen LogP contribution in [0.4, 0.5) is 68.2 Å². The van der Waals surface area contributed by atoms with E-state index < -0.39 is 0 Å². The highest BCUT2D eigenvalue weighted by atomic mass is 15.2. The molecule has 144 heavy (non-hydrogen) atoms. The van der Waals surface area contributed by atoms with Crippen LogP contribution in [-0.2, 0) is 0 Å². The van der Waals surface area contributed by atoms with Crippen LogP contribution in [0.2, 0.25) is 0 Å². The van der Waals surface area contributed by atoms with Gasteiger partial charge in [-0.25, -0.2) is 0 Å². The molecule has 0 amide bonds. The highest BCUT2D eigenvalue weighted by Crippen LogP contribution is 2.58. The summed E-state index contributed by atoms with van der Waals surface area (Å²) in [6.45, 7) is 18.8. The first kappa shape index (κ1) is 90.4. The van der Waals surface area contributed by atoms with E-state index in [4.69, 9.17) is 0 Å². The Morgan fingerprint density at radius 3 is 0.528 bits per heavy atom. The van der Waals surface area contributed by atoms with E-state index in [9.17, 15) is 0 Å². The average Bonchev–Trinajstić information content (AvgIpc) is 0.704. The van der Waals surface area contributed by atoms with E-state index in [1.807, 2.05) is 0 Å². The Morgan fingerprint density at radius 1 is 0.125 bits per heavy atom. The molecule has 24 rings (SSSR count). The van der Waals surface area contributed by atoms with Crippen LogP contribution in [0.5, 0.6) is 0 Å². The smallest absolute Gasteiger partial charge is 0.0546 e. The van der Waals surface area contributed by atoms with Gasteiger partial charge in [-0.1, -0.05) is 456 Å². The molecule has 0 spiro atoms. The predicted octanol–water partition coefficient (Wildman–Crippen LogP) is 40.9. The quantitative estimate of drug-likeness (QED) is 0.0559. The number of hydrogen-bond acceptors (Lipinski definition) is 4. The lowest BCUT2D eigenvalue weighted by Gasteiger charge is -2.33. The molecule has 692 valence electrons. The Balaban J connectivity index is 0.000000159. The van der Waals surface area contributed by atoms with Gasteiger partial charge in [0.1, 0.15) is 0 Å². The van der Waals surface area contributed by atoms with Gasteiger partial charge in [0.05, 0.1) is 45.5 Å². The van der Waals surface area contributed by atoms with Gasteiger partial charge in [0.2, 0.25) is 0 Å². The minimum atomic E-state index is 0.245. The van der Waals surface area contributed by atoms with Gasteiger partial charge in [-0.15, -0.1) is 0 Å². The molecule has 0 aliphatic carbocycles. The normalized spacial score (nSPS) is 11.6. The molecule has 0 saturated heterocycles. The summed E-state index contributed by atoms with van der Waals surface area (Å²) in [5.41, 5.74) is 37.8. The second kappa shape index (κ2) is 39.3. The summed E-state index contributed by atoms with van der Waals surface area (Å²) < 4.78 is 0. The Hall–Kier alpha value is -17.4. The molecule has 0 aliphatic heterocycles. The number of benzene rings is 24. The van der Waals surface area contributed by atoms with Crippen LogP contribution in [0.25, 0.3) is 154 Å². The molecule has 0 unspecified atom stereocenters. The molecule has 0 N–H and O–H groups in total. The standard InChI is InChI=1S/2C70H56N2/c1-47(2)61-45-67(71(55-31-19-9-20-32-55)65-41-35-53(49-23-11-5-12-24-49)43-63(65)51-27-15-7-16-28-51)59-40-38-58-62(48(3)4)46-68(60-39-37-57(61)69(59)70(58)60)72(56-33-21-10-22-34-56)66-42-36-54(50-25-13-6-14-26-50)44-64(66)52-29-17-8-18-30-52;1-47(2)63-45-67(71(55-31-19-9-20-32-55)65-43-53(49-23-11-5-12-24-49)35-37-57(65)51-27-15-7-16-28-51)61-42-40-60-64(48(3)4)46-68(62-41-39-59(63)69(61)70(60)62)72(56-33-21-10-22-34-56)66-44-54(50-25-13-6-14-26-50)36-38-58(66)52-29-17-8-18-30-52/h2*5-48H,1-4H3. The fraction of sp³-hybridized carbons (Fsp3) is 0.0857. The maximum Gasteiger partial charge on any atom is 0.0546 e. The molecule has 24 aromatic rings. The molecule has 0 saturated carbocycles. The number of anilines is 12. The average molecular weight is 1850 g/mol. The molecule has 0 radical (unpaired) electrons. The molecule has 0 atom stereocenters. The van der Waals surface area contributed by atoms with Crippen LogP contribution in [0.3, 0.4) is 0 Å². The molecule has 0 fully saturated rings. The molecule has 0 aromatic heterocycles. The van der Waals surface area contributed by atoms with Crippen LogP contribution < -0.4 is 19.6 Å². The summed E-state index contributed by atoms with van der Waals surface area (Å²) in [6, 6.07) is 188. The number of rotatable bonds is 24. The van der Waals surface area contributed by atoms with Gasteiger partial charge in [0, 0.05) is 66.5 Å². The maximum absolute atomic E-state index is 2.54. The van der Waals surface area contributed by atoms with Crippen molar-refractivity contribution >= 4 is 133 Å². The summed E-state index contributed by atoms with van der Waals surface area (Å²) >= 11 is 0. The topological polar surface area (TPSA) is 13.0 Å². The van der Waals surface area contributed by atoms with Crippen LogP contribution in [-0.4, -0.2) is 0 Å². The van der Waals surface area contributed by atoms with Gasteiger partial charge in [-0.05, 0) is 265 Å². The molecule has 0 heterocycles. The van der Waals surface area contributed by atoms with Crippen LogP contribution in [0.1, 0.15) is 101 Å². The highest BCUT2D eigenvalue weighted by Gasteiger charge is 2.33.